The molecule has 0 aromatic heterocycles. The van der Waals surface area contributed by atoms with Crippen LogP contribution in [0.5, 0.6) is 0 Å². The van der Waals surface area contributed by atoms with Gasteiger partial charge in [0.15, 0.2) is 0 Å². The molecule has 8 heteroatoms. The molecule has 0 bridgehead atoms. The number of nitrogens with zero attached hydrogens (tertiary/aromatic N) is 2. The van der Waals surface area contributed by atoms with E-state index in [0.29, 0.717) is 13.0 Å². The molecule has 1 N–H and O–H groups in total. The van der Waals surface area contributed by atoms with Crippen LogP contribution in [0.2, 0.25) is 0 Å². The van der Waals surface area contributed by atoms with Crippen LogP contribution in [0.3, 0.4) is 0 Å². The minimum Gasteiger partial charge on any atom is -0.354 e. The van der Waals surface area contributed by atoms with Gasteiger partial charge in [-0.3, -0.25) is 9.59 Å². The van der Waals surface area contributed by atoms with Crippen molar-refractivity contribution in [1.29, 1.82) is 0 Å². The van der Waals surface area contributed by atoms with Crippen molar-refractivity contribution in [3.63, 3.8) is 0 Å². The van der Waals surface area contributed by atoms with E-state index in [1.165, 1.54) is 11.9 Å². The predicted molar refractivity (Wildman–Crippen MR) is 158 cm³/mol. The van der Waals surface area contributed by atoms with Gasteiger partial charge in [0.2, 0.25) is 21.8 Å². The van der Waals surface area contributed by atoms with E-state index in [1.54, 1.807) is 18.2 Å². The number of hydrogen-bond acceptors (Lipinski definition) is 4. The molecule has 208 valence electrons. The minimum absolute atomic E-state index is 0.109. The molecule has 0 aliphatic carbocycles. The lowest BCUT2D eigenvalue weighted by Gasteiger charge is -2.32. The predicted octanol–water partition coefficient (Wildman–Crippen LogP) is 4.63. The Hall–Kier alpha value is -4.01. The van der Waals surface area contributed by atoms with E-state index in [4.69, 9.17) is 0 Å². The zero-order chi connectivity index (χ0) is 28.5. The van der Waals surface area contributed by atoms with E-state index in [2.05, 4.69) is 5.32 Å². The van der Waals surface area contributed by atoms with Crippen molar-refractivity contribution in [2.45, 2.75) is 37.2 Å². The van der Waals surface area contributed by atoms with Crippen molar-refractivity contribution in [2.75, 3.05) is 20.1 Å². The molecule has 0 fully saturated rings. The number of hydrogen-bond donors (Lipinski definition) is 1. The normalized spacial score (nSPS) is 12.3. The molecule has 0 heterocycles. The van der Waals surface area contributed by atoms with Crippen molar-refractivity contribution in [3.05, 3.63) is 114 Å². The highest BCUT2D eigenvalue weighted by Crippen LogP contribution is 2.22. The van der Waals surface area contributed by atoms with Crippen LogP contribution in [0.1, 0.15) is 24.5 Å². The molecule has 0 aliphatic heterocycles. The summed E-state index contributed by atoms with van der Waals surface area (Å²) >= 11 is 0. The Morgan fingerprint density at radius 2 is 1.40 bits per heavy atom. The highest BCUT2D eigenvalue weighted by molar-refractivity contribution is 7.89. The van der Waals surface area contributed by atoms with Crippen LogP contribution in [-0.2, 0) is 32.6 Å². The number of amides is 2. The molecule has 4 rings (SSSR count). The Bertz CT molecular complexity index is 1540. The molecular formula is C32H35N3O4S. The lowest BCUT2D eigenvalue weighted by Crippen LogP contribution is -2.53. The summed E-state index contributed by atoms with van der Waals surface area (Å²) in [6, 6.07) is 30.5. The van der Waals surface area contributed by atoms with Gasteiger partial charge in [-0.05, 0) is 40.5 Å². The topological polar surface area (TPSA) is 86.8 Å². The highest BCUT2D eigenvalue weighted by Gasteiger charge is 2.33. The summed E-state index contributed by atoms with van der Waals surface area (Å²) in [5.74, 6) is -0.724. The van der Waals surface area contributed by atoms with E-state index in [0.717, 1.165) is 32.6 Å². The Morgan fingerprint density at radius 3 is 2.05 bits per heavy atom. The standard InChI is InChI=1S/C32H35N3O4S/c1-3-20-33-32(37)30(21-25-12-6-4-7-13-25)35(23-26-14-8-5-9-15-26)31(36)24-34(2)40(38,39)29-19-18-27-16-10-11-17-28(27)22-29/h4-19,22,30H,3,20-21,23-24H2,1-2H3,(H,33,37)/t30-/m0/s1. The smallest absolute Gasteiger partial charge is 0.243 e. The van der Waals surface area contributed by atoms with Crippen LogP contribution < -0.4 is 5.32 Å². The first-order chi connectivity index (χ1) is 19.3. The van der Waals surface area contributed by atoms with Gasteiger partial charge in [-0.2, -0.15) is 4.31 Å². The monoisotopic (exact) mass is 557 g/mol. The number of fused-ring (bicyclic) bond motifs is 1. The van der Waals surface area contributed by atoms with E-state index < -0.39 is 28.5 Å². The van der Waals surface area contributed by atoms with Crippen molar-refractivity contribution in [3.8, 4) is 0 Å². The maximum atomic E-state index is 13.9. The molecule has 0 spiro atoms. The quantitative estimate of drug-likeness (QED) is 0.275. The van der Waals surface area contributed by atoms with Gasteiger partial charge in [0.25, 0.3) is 0 Å². The first kappa shape index (κ1) is 29.0. The number of sulfonamides is 1. The number of benzene rings is 4. The summed E-state index contributed by atoms with van der Waals surface area (Å²) in [5, 5.41) is 4.66. The second-order valence-electron chi connectivity index (χ2n) is 9.77. The average molecular weight is 558 g/mol. The molecule has 1 atom stereocenters. The van der Waals surface area contributed by atoms with Crippen LogP contribution in [0.25, 0.3) is 10.8 Å². The molecule has 0 saturated heterocycles. The fourth-order valence-corrected chi connectivity index (χ4v) is 5.73. The fourth-order valence-electron chi connectivity index (χ4n) is 4.57. The summed E-state index contributed by atoms with van der Waals surface area (Å²) in [6.45, 7) is 2.20. The molecule has 4 aromatic rings. The van der Waals surface area contributed by atoms with Gasteiger partial charge in [-0.25, -0.2) is 8.42 Å². The van der Waals surface area contributed by atoms with Gasteiger partial charge < -0.3 is 10.2 Å². The molecule has 2 amide bonds. The van der Waals surface area contributed by atoms with Crippen molar-refractivity contribution >= 4 is 32.6 Å². The number of carbonyl (C=O) groups is 2. The fraction of sp³-hybridized carbons (Fsp3) is 0.250. The molecule has 0 saturated carbocycles. The molecule has 0 aliphatic rings. The SMILES string of the molecule is CCCNC(=O)[C@H](Cc1ccccc1)N(Cc1ccccc1)C(=O)CN(C)S(=O)(=O)c1ccc2ccccc2c1. The first-order valence-electron chi connectivity index (χ1n) is 13.4. The number of nitrogens with one attached hydrogen (secondary N) is 1. The third-order valence-corrected chi connectivity index (χ3v) is 8.60. The molecular weight excluding hydrogens is 522 g/mol. The van der Waals surface area contributed by atoms with E-state index >= 15 is 0 Å². The highest BCUT2D eigenvalue weighted by atomic mass is 32.2. The summed E-state index contributed by atoms with van der Waals surface area (Å²) in [4.78, 5) is 28.9. The van der Waals surface area contributed by atoms with Crippen LogP contribution in [-0.4, -0.2) is 55.6 Å². The van der Waals surface area contributed by atoms with Crippen molar-refractivity contribution < 1.29 is 18.0 Å². The molecule has 0 unspecified atom stereocenters. The first-order valence-corrected chi connectivity index (χ1v) is 14.8. The van der Waals surface area contributed by atoms with Gasteiger partial charge >= 0.3 is 0 Å². The average Bonchev–Trinajstić information content (AvgIpc) is 2.98. The number of likely N-dealkylation sites (N-methyl/N-ethyl adjacent to an activating group) is 1. The Kier molecular flexibility index (Phi) is 9.69. The number of carbonyl (C=O) groups excluding carboxylic acids is 2. The zero-order valence-corrected chi connectivity index (χ0v) is 23.7. The maximum absolute atomic E-state index is 13.9. The maximum Gasteiger partial charge on any atom is 0.243 e. The largest absolute Gasteiger partial charge is 0.354 e. The molecule has 4 aromatic carbocycles. The molecule has 7 nitrogen and oxygen atoms in total. The van der Waals surface area contributed by atoms with Gasteiger partial charge in [0.1, 0.15) is 6.04 Å². The second kappa shape index (κ2) is 13.4. The van der Waals surface area contributed by atoms with E-state index in [-0.39, 0.29) is 17.3 Å². The summed E-state index contributed by atoms with van der Waals surface area (Å²) in [6.07, 6.45) is 1.05. The second-order valence-corrected chi connectivity index (χ2v) is 11.8. The van der Waals surface area contributed by atoms with Crippen LogP contribution in [0.15, 0.2) is 108 Å². The van der Waals surface area contributed by atoms with Gasteiger partial charge in [-0.1, -0.05) is 97.9 Å². The van der Waals surface area contributed by atoms with E-state index in [1.807, 2.05) is 91.9 Å². The van der Waals surface area contributed by atoms with Crippen molar-refractivity contribution in [2.24, 2.45) is 0 Å². The summed E-state index contributed by atoms with van der Waals surface area (Å²) < 4.78 is 28.1. The van der Waals surface area contributed by atoms with Crippen LogP contribution in [0.4, 0.5) is 0 Å². The van der Waals surface area contributed by atoms with Crippen LogP contribution in [0, 0.1) is 0 Å². The summed E-state index contributed by atoms with van der Waals surface area (Å²) in [7, 11) is -2.57. The number of rotatable bonds is 12. The van der Waals surface area contributed by atoms with Gasteiger partial charge in [0, 0.05) is 26.6 Å². The Balaban J connectivity index is 1.64. The van der Waals surface area contributed by atoms with Crippen LogP contribution >= 0.6 is 0 Å². The van der Waals surface area contributed by atoms with E-state index in [9.17, 15) is 18.0 Å². The van der Waals surface area contributed by atoms with Crippen molar-refractivity contribution in [1.82, 2.24) is 14.5 Å². The third-order valence-electron chi connectivity index (χ3n) is 6.80. The zero-order valence-electron chi connectivity index (χ0n) is 22.9. The Labute approximate surface area is 236 Å². The third kappa shape index (κ3) is 7.14. The lowest BCUT2D eigenvalue weighted by molar-refractivity contribution is -0.141. The van der Waals surface area contributed by atoms with Gasteiger partial charge in [0.05, 0.1) is 11.4 Å². The Morgan fingerprint density at radius 1 is 0.800 bits per heavy atom. The minimum atomic E-state index is -3.97. The van der Waals surface area contributed by atoms with Gasteiger partial charge in [-0.15, -0.1) is 0 Å². The molecule has 40 heavy (non-hydrogen) atoms. The molecule has 0 radical (unpaired) electrons. The lowest BCUT2D eigenvalue weighted by atomic mass is 10.0. The summed E-state index contributed by atoms with van der Waals surface area (Å²) in [5.41, 5.74) is 1.75.